The molecule has 2 rings (SSSR count). The number of aryl methyl sites for hydroxylation is 1. The molecule has 0 saturated carbocycles. The van der Waals surface area contributed by atoms with E-state index in [2.05, 4.69) is 31.6 Å². The summed E-state index contributed by atoms with van der Waals surface area (Å²) in [6.07, 6.45) is 0.913. The van der Waals surface area contributed by atoms with Gasteiger partial charge in [-0.1, -0.05) is 15.9 Å². The summed E-state index contributed by atoms with van der Waals surface area (Å²) >= 11 is 5.12. The number of anilines is 2. The summed E-state index contributed by atoms with van der Waals surface area (Å²) < 4.78 is 1.03. The average molecular weight is 312 g/mol. The second-order valence-electron chi connectivity index (χ2n) is 3.77. The number of nitrogens with one attached hydrogen (secondary N) is 1. The van der Waals surface area contributed by atoms with Crippen LogP contribution in [-0.4, -0.2) is 11.5 Å². The highest BCUT2D eigenvalue weighted by atomic mass is 79.9. The van der Waals surface area contributed by atoms with Crippen molar-refractivity contribution in [2.75, 3.05) is 17.6 Å². The maximum absolute atomic E-state index is 5.88. The molecule has 0 aliphatic carbocycles. The largest absolute Gasteiger partial charge is 0.397 e. The molecule has 0 aliphatic rings. The maximum atomic E-state index is 5.88. The minimum absolute atomic E-state index is 0.766. The summed E-state index contributed by atoms with van der Waals surface area (Å²) in [6, 6.07) is 5.81. The Kier molecular flexibility index (Phi) is 4.02. The van der Waals surface area contributed by atoms with Crippen LogP contribution in [0.4, 0.5) is 11.4 Å². The predicted octanol–water partition coefficient (Wildman–Crippen LogP) is 3.45. The number of hydrogen-bond acceptors (Lipinski definition) is 4. The lowest BCUT2D eigenvalue weighted by atomic mass is 10.2. The highest BCUT2D eigenvalue weighted by Crippen LogP contribution is 2.23. The van der Waals surface area contributed by atoms with Gasteiger partial charge in [0.25, 0.3) is 0 Å². The lowest BCUT2D eigenvalue weighted by molar-refractivity contribution is 0.969. The van der Waals surface area contributed by atoms with Crippen molar-refractivity contribution in [3.63, 3.8) is 0 Å². The first kappa shape index (κ1) is 12.4. The molecule has 0 saturated heterocycles. The van der Waals surface area contributed by atoms with Crippen molar-refractivity contribution in [1.82, 2.24) is 4.98 Å². The Labute approximate surface area is 113 Å². The van der Waals surface area contributed by atoms with Crippen LogP contribution in [0.1, 0.15) is 10.7 Å². The van der Waals surface area contributed by atoms with Gasteiger partial charge in [0.2, 0.25) is 0 Å². The molecule has 5 heteroatoms. The third-order valence-corrected chi connectivity index (χ3v) is 3.69. The third kappa shape index (κ3) is 3.44. The van der Waals surface area contributed by atoms with Crippen LogP contribution in [0, 0.1) is 6.92 Å². The molecule has 0 aliphatic heterocycles. The van der Waals surface area contributed by atoms with E-state index in [9.17, 15) is 0 Å². The van der Waals surface area contributed by atoms with E-state index >= 15 is 0 Å². The van der Waals surface area contributed by atoms with Crippen molar-refractivity contribution >= 4 is 38.6 Å². The van der Waals surface area contributed by atoms with Gasteiger partial charge in [0, 0.05) is 22.8 Å². The average Bonchev–Trinajstić information content (AvgIpc) is 2.69. The van der Waals surface area contributed by atoms with Gasteiger partial charge in [-0.3, -0.25) is 0 Å². The maximum Gasteiger partial charge on any atom is 0.0897 e. The zero-order chi connectivity index (χ0) is 12.3. The van der Waals surface area contributed by atoms with Gasteiger partial charge in [-0.15, -0.1) is 11.3 Å². The molecule has 0 amide bonds. The molecule has 3 N–H and O–H groups in total. The fraction of sp³-hybridized carbons (Fsp3) is 0.250. The Bertz CT molecular complexity index is 510. The van der Waals surface area contributed by atoms with Gasteiger partial charge in [0.15, 0.2) is 0 Å². The highest BCUT2D eigenvalue weighted by molar-refractivity contribution is 9.10. The molecule has 0 bridgehead atoms. The molecule has 0 atom stereocenters. The van der Waals surface area contributed by atoms with Crippen molar-refractivity contribution in [2.45, 2.75) is 13.3 Å². The molecule has 0 fully saturated rings. The van der Waals surface area contributed by atoms with Crippen LogP contribution < -0.4 is 11.1 Å². The minimum atomic E-state index is 0.766. The molecule has 1 aromatic carbocycles. The number of halogens is 1. The Morgan fingerprint density at radius 3 is 3.00 bits per heavy atom. The third-order valence-electron chi connectivity index (χ3n) is 2.38. The number of aromatic nitrogens is 1. The fourth-order valence-corrected chi connectivity index (χ4v) is 2.54. The molecule has 1 aromatic heterocycles. The molecule has 0 unspecified atom stereocenters. The molecule has 90 valence electrons. The molecule has 0 spiro atoms. The first-order chi connectivity index (χ1) is 8.15. The highest BCUT2D eigenvalue weighted by Gasteiger charge is 2.01. The van der Waals surface area contributed by atoms with Gasteiger partial charge in [-0.2, -0.15) is 0 Å². The Morgan fingerprint density at radius 1 is 1.47 bits per heavy atom. The van der Waals surface area contributed by atoms with E-state index in [1.165, 1.54) is 0 Å². The summed E-state index contributed by atoms with van der Waals surface area (Å²) in [5.41, 5.74) is 8.74. The number of nitrogens with zero attached hydrogens (tertiary/aromatic N) is 1. The van der Waals surface area contributed by atoms with Crippen LogP contribution in [-0.2, 0) is 6.42 Å². The first-order valence-electron chi connectivity index (χ1n) is 5.35. The normalized spacial score (nSPS) is 10.5. The van der Waals surface area contributed by atoms with Crippen molar-refractivity contribution < 1.29 is 0 Å². The quantitative estimate of drug-likeness (QED) is 0.850. The van der Waals surface area contributed by atoms with Crippen LogP contribution >= 0.6 is 27.3 Å². The second kappa shape index (κ2) is 5.51. The Morgan fingerprint density at radius 2 is 2.29 bits per heavy atom. The number of hydrogen-bond donors (Lipinski definition) is 2. The number of benzene rings is 1. The van der Waals surface area contributed by atoms with E-state index in [0.717, 1.165) is 39.5 Å². The van der Waals surface area contributed by atoms with Crippen molar-refractivity contribution in [2.24, 2.45) is 0 Å². The number of nitrogens with two attached hydrogens (primary N) is 1. The van der Waals surface area contributed by atoms with Crippen LogP contribution in [0.3, 0.4) is 0 Å². The van der Waals surface area contributed by atoms with E-state index in [1.807, 2.05) is 25.1 Å². The fourth-order valence-electron chi connectivity index (χ4n) is 1.53. The molecule has 0 radical (unpaired) electrons. The second-order valence-corrected chi connectivity index (χ2v) is 5.74. The van der Waals surface area contributed by atoms with E-state index < -0.39 is 0 Å². The van der Waals surface area contributed by atoms with Crippen LogP contribution in [0.25, 0.3) is 0 Å². The Hall–Kier alpha value is -1.07. The zero-order valence-corrected chi connectivity index (χ0v) is 11.9. The summed E-state index contributed by atoms with van der Waals surface area (Å²) in [5.74, 6) is 0. The molecule has 1 heterocycles. The van der Waals surface area contributed by atoms with Crippen molar-refractivity contribution in [3.05, 3.63) is 38.8 Å². The molecule has 17 heavy (non-hydrogen) atoms. The van der Waals surface area contributed by atoms with E-state index in [0.29, 0.717) is 0 Å². The van der Waals surface area contributed by atoms with Crippen LogP contribution in [0.2, 0.25) is 0 Å². The lowest BCUT2D eigenvalue weighted by Gasteiger charge is -2.08. The summed E-state index contributed by atoms with van der Waals surface area (Å²) in [7, 11) is 0. The molecular formula is C12H14BrN3S. The van der Waals surface area contributed by atoms with Gasteiger partial charge in [-0.25, -0.2) is 4.98 Å². The summed E-state index contributed by atoms with van der Waals surface area (Å²) in [5, 5.41) is 6.53. The summed E-state index contributed by atoms with van der Waals surface area (Å²) in [6.45, 7) is 2.86. The summed E-state index contributed by atoms with van der Waals surface area (Å²) in [4.78, 5) is 4.42. The van der Waals surface area contributed by atoms with Crippen molar-refractivity contribution in [3.8, 4) is 0 Å². The van der Waals surface area contributed by atoms with Gasteiger partial charge in [0.1, 0.15) is 0 Å². The molecular weight excluding hydrogens is 298 g/mol. The number of rotatable bonds is 4. The van der Waals surface area contributed by atoms with Crippen LogP contribution in [0.5, 0.6) is 0 Å². The Balaban J connectivity index is 1.91. The SMILES string of the molecule is Cc1nc(CCNc2cc(Br)ccc2N)cs1. The minimum Gasteiger partial charge on any atom is -0.397 e. The van der Waals surface area contributed by atoms with Gasteiger partial charge < -0.3 is 11.1 Å². The van der Waals surface area contributed by atoms with Gasteiger partial charge >= 0.3 is 0 Å². The van der Waals surface area contributed by atoms with Gasteiger partial charge in [0.05, 0.1) is 22.1 Å². The van der Waals surface area contributed by atoms with E-state index in [-0.39, 0.29) is 0 Å². The number of nitrogen functional groups attached to an aromatic ring is 1. The smallest absolute Gasteiger partial charge is 0.0897 e. The number of thiazole rings is 1. The van der Waals surface area contributed by atoms with Crippen molar-refractivity contribution in [1.29, 1.82) is 0 Å². The standard InChI is InChI=1S/C12H14BrN3S/c1-8-16-10(7-17-8)4-5-15-12-6-9(13)2-3-11(12)14/h2-3,6-7,15H,4-5,14H2,1H3. The van der Waals surface area contributed by atoms with E-state index in [1.54, 1.807) is 11.3 Å². The van der Waals surface area contributed by atoms with Gasteiger partial charge in [-0.05, 0) is 25.1 Å². The van der Waals surface area contributed by atoms with E-state index in [4.69, 9.17) is 5.73 Å². The predicted molar refractivity (Wildman–Crippen MR) is 77.6 cm³/mol. The monoisotopic (exact) mass is 311 g/mol. The first-order valence-corrected chi connectivity index (χ1v) is 7.02. The topological polar surface area (TPSA) is 50.9 Å². The zero-order valence-electron chi connectivity index (χ0n) is 9.53. The molecule has 3 nitrogen and oxygen atoms in total. The molecule has 2 aromatic rings. The van der Waals surface area contributed by atoms with Crippen LogP contribution in [0.15, 0.2) is 28.1 Å². The lowest BCUT2D eigenvalue weighted by Crippen LogP contribution is -2.07.